The molecular weight excluding hydrogens is 128 g/mol. The van der Waals surface area contributed by atoms with Gasteiger partial charge in [-0.2, -0.15) is 0 Å². The maximum atomic E-state index is 5.54. The Kier molecular flexibility index (Phi) is 1.35. The lowest BCUT2D eigenvalue weighted by Crippen LogP contribution is -1.43. The summed E-state index contributed by atoms with van der Waals surface area (Å²) in [6.07, 6.45) is 0. The van der Waals surface area contributed by atoms with Gasteiger partial charge in [0.1, 0.15) is 0 Å². The van der Waals surface area contributed by atoms with Gasteiger partial charge < -0.3 is 0 Å². The van der Waals surface area contributed by atoms with E-state index in [2.05, 4.69) is 6.92 Å². The highest BCUT2D eigenvalue weighted by Gasteiger charge is 1.86. The van der Waals surface area contributed by atoms with Gasteiger partial charge in [0.2, 0.25) is 0 Å². The molecule has 0 N–H and O–H groups in total. The van der Waals surface area contributed by atoms with Crippen molar-refractivity contribution in [3.05, 3.63) is 28.3 Å². The smallest absolute Gasteiger partial charge is 0.0931 e. The highest BCUT2D eigenvalue weighted by atomic mass is 35.5. The zero-order chi connectivity index (χ0) is 5.28. The second kappa shape index (κ2) is 1.85. The van der Waals surface area contributed by atoms with Crippen LogP contribution in [0.4, 0.5) is 0 Å². The zero-order valence-corrected chi connectivity index (χ0v) is 5.22. The van der Waals surface area contributed by atoms with Crippen molar-refractivity contribution in [2.75, 3.05) is 0 Å². The van der Waals surface area contributed by atoms with E-state index in [-0.39, 0.29) is 0 Å². The Balaban J connectivity index is 3.04. The van der Waals surface area contributed by atoms with Crippen molar-refractivity contribution >= 4 is 22.9 Å². The van der Waals surface area contributed by atoms with Crippen LogP contribution in [0.2, 0.25) is 4.34 Å². The molecule has 0 aliphatic rings. The molecule has 0 aliphatic heterocycles. The lowest BCUT2D eigenvalue weighted by atomic mass is 10.5. The van der Waals surface area contributed by atoms with Gasteiger partial charge in [-0.15, -0.1) is 11.3 Å². The minimum atomic E-state index is 0.810. The van der Waals surface area contributed by atoms with Crippen molar-refractivity contribution in [3.8, 4) is 0 Å². The Labute approximate surface area is 51.7 Å². The van der Waals surface area contributed by atoms with Crippen LogP contribution < -0.4 is 0 Å². The van der Waals surface area contributed by atoms with Crippen LogP contribution in [0.15, 0.2) is 12.1 Å². The molecule has 0 atom stereocenters. The third-order valence-corrected chi connectivity index (χ3v) is 1.72. The predicted molar refractivity (Wildman–Crippen MR) is 33.8 cm³/mol. The second-order valence-electron chi connectivity index (χ2n) is 1.21. The fourth-order valence-electron chi connectivity index (χ4n) is 0.352. The van der Waals surface area contributed by atoms with E-state index in [4.69, 9.17) is 11.6 Å². The molecule has 1 aromatic heterocycles. The van der Waals surface area contributed by atoms with Crippen molar-refractivity contribution in [2.45, 2.75) is 0 Å². The Morgan fingerprint density at radius 1 is 1.57 bits per heavy atom. The van der Waals surface area contributed by atoms with Crippen LogP contribution >= 0.6 is 22.9 Å². The largest absolute Gasteiger partial charge is 0.128 e. The second-order valence-corrected chi connectivity index (χ2v) is 3.01. The molecule has 0 saturated carbocycles. The fraction of sp³-hybridized carbons (Fsp3) is 0. The topological polar surface area (TPSA) is 0 Å². The highest BCUT2D eigenvalue weighted by molar-refractivity contribution is 7.16. The summed E-state index contributed by atoms with van der Waals surface area (Å²) < 4.78 is 0.810. The molecule has 0 spiro atoms. The van der Waals surface area contributed by atoms with E-state index in [1.54, 1.807) is 0 Å². The molecule has 1 radical (unpaired) electrons. The first-order chi connectivity index (χ1) is 3.29. The third kappa shape index (κ3) is 1.18. The standard InChI is InChI=1S/C5H4ClS/c1-4-2-3-5(6)7-4/h2-3H,1H2. The zero-order valence-electron chi connectivity index (χ0n) is 3.65. The van der Waals surface area contributed by atoms with Gasteiger partial charge in [0, 0.05) is 4.88 Å². The molecule has 7 heavy (non-hydrogen) atoms. The average Bonchev–Trinajstić information content (AvgIpc) is 1.87. The number of hydrogen-bond acceptors (Lipinski definition) is 1. The molecule has 2 heteroatoms. The molecule has 0 saturated heterocycles. The molecule has 0 fully saturated rings. The van der Waals surface area contributed by atoms with Crippen LogP contribution in [-0.2, 0) is 0 Å². The molecule has 0 aliphatic carbocycles. The van der Waals surface area contributed by atoms with Gasteiger partial charge >= 0.3 is 0 Å². The first-order valence-corrected chi connectivity index (χ1v) is 3.06. The summed E-state index contributed by atoms with van der Waals surface area (Å²) in [5.74, 6) is 0. The van der Waals surface area contributed by atoms with Crippen LogP contribution in [0.25, 0.3) is 0 Å². The van der Waals surface area contributed by atoms with E-state index < -0.39 is 0 Å². The normalized spacial score (nSPS) is 9.43. The van der Waals surface area contributed by atoms with Gasteiger partial charge in [-0.3, -0.25) is 0 Å². The molecule has 0 aromatic carbocycles. The fourth-order valence-corrected chi connectivity index (χ4v) is 1.23. The average molecular weight is 132 g/mol. The summed E-state index contributed by atoms with van der Waals surface area (Å²) >= 11 is 7.04. The molecule has 1 heterocycles. The molecule has 0 unspecified atom stereocenters. The lowest BCUT2D eigenvalue weighted by Gasteiger charge is -1.69. The Morgan fingerprint density at radius 2 is 2.29 bits per heavy atom. The van der Waals surface area contributed by atoms with E-state index in [0.717, 1.165) is 9.21 Å². The van der Waals surface area contributed by atoms with E-state index in [9.17, 15) is 0 Å². The summed E-state index contributed by atoms with van der Waals surface area (Å²) in [4.78, 5) is 1.02. The highest BCUT2D eigenvalue weighted by Crippen LogP contribution is 2.19. The van der Waals surface area contributed by atoms with E-state index >= 15 is 0 Å². The van der Waals surface area contributed by atoms with Crippen LogP contribution in [0.1, 0.15) is 4.88 Å². The number of rotatable bonds is 0. The van der Waals surface area contributed by atoms with Crippen molar-refractivity contribution in [1.29, 1.82) is 0 Å². The predicted octanol–water partition coefficient (Wildman–Crippen LogP) is 2.58. The number of hydrogen-bond donors (Lipinski definition) is 0. The van der Waals surface area contributed by atoms with E-state index in [1.165, 1.54) is 11.3 Å². The lowest BCUT2D eigenvalue weighted by molar-refractivity contribution is 1.89. The van der Waals surface area contributed by atoms with E-state index in [1.807, 2.05) is 12.1 Å². The van der Waals surface area contributed by atoms with Crippen LogP contribution in [0.5, 0.6) is 0 Å². The maximum absolute atomic E-state index is 5.54. The molecule has 0 bridgehead atoms. The minimum absolute atomic E-state index is 0.810. The van der Waals surface area contributed by atoms with Crippen LogP contribution in [-0.4, -0.2) is 0 Å². The van der Waals surface area contributed by atoms with Crippen molar-refractivity contribution in [3.63, 3.8) is 0 Å². The van der Waals surface area contributed by atoms with Crippen LogP contribution in [0, 0.1) is 6.92 Å². The molecule has 37 valence electrons. The quantitative estimate of drug-likeness (QED) is 0.508. The molecule has 1 rings (SSSR count). The first kappa shape index (κ1) is 5.13. The van der Waals surface area contributed by atoms with Gasteiger partial charge in [-0.05, 0) is 19.1 Å². The summed E-state index contributed by atoms with van der Waals surface area (Å²) in [6, 6.07) is 3.74. The van der Waals surface area contributed by atoms with Crippen molar-refractivity contribution in [2.24, 2.45) is 0 Å². The summed E-state index contributed by atoms with van der Waals surface area (Å²) in [5.41, 5.74) is 0. The van der Waals surface area contributed by atoms with Crippen LogP contribution in [0.3, 0.4) is 0 Å². The maximum Gasteiger partial charge on any atom is 0.0931 e. The Bertz CT molecular complexity index is 140. The molecule has 1 aromatic rings. The monoisotopic (exact) mass is 131 g/mol. The Hall–Kier alpha value is -0.0100. The number of halogens is 1. The molecule has 0 amide bonds. The van der Waals surface area contributed by atoms with Crippen molar-refractivity contribution in [1.82, 2.24) is 0 Å². The third-order valence-electron chi connectivity index (χ3n) is 0.629. The first-order valence-electron chi connectivity index (χ1n) is 1.86. The summed E-state index contributed by atoms with van der Waals surface area (Å²) in [5, 5.41) is 0. The van der Waals surface area contributed by atoms with Crippen molar-refractivity contribution < 1.29 is 0 Å². The summed E-state index contributed by atoms with van der Waals surface area (Å²) in [6.45, 7) is 3.68. The SMILES string of the molecule is [CH2]c1ccc(Cl)s1. The van der Waals surface area contributed by atoms with Gasteiger partial charge in [-0.1, -0.05) is 11.6 Å². The van der Waals surface area contributed by atoms with Gasteiger partial charge in [0.05, 0.1) is 4.34 Å². The summed E-state index contributed by atoms with van der Waals surface area (Å²) in [7, 11) is 0. The molecule has 0 nitrogen and oxygen atoms in total. The molecular formula is C5H4ClS. The van der Waals surface area contributed by atoms with E-state index in [0.29, 0.717) is 0 Å². The Morgan fingerprint density at radius 3 is 2.43 bits per heavy atom. The van der Waals surface area contributed by atoms with Gasteiger partial charge in [-0.25, -0.2) is 0 Å². The number of thiophene rings is 1. The van der Waals surface area contributed by atoms with Gasteiger partial charge in [0.15, 0.2) is 0 Å². The van der Waals surface area contributed by atoms with Gasteiger partial charge in [0.25, 0.3) is 0 Å². The minimum Gasteiger partial charge on any atom is -0.128 e.